The first-order chi connectivity index (χ1) is 7.84. The fraction of sp³-hybridized carbons (Fsp3) is 0.769. The molecule has 3 rings (SSSR count). The highest BCUT2D eigenvalue weighted by molar-refractivity contribution is 5.92. The number of ketones is 1. The number of allylic oxidation sites excluding steroid dienone is 2. The van der Waals surface area contributed by atoms with Crippen LogP contribution in [0.15, 0.2) is 11.8 Å². The van der Waals surface area contributed by atoms with Crippen LogP contribution in [0.1, 0.15) is 38.5 Å². The Balaban J connectivity index is 1.78. The average molecular weight is 221 g/mol. The summed E-state index contributed by atoms with van der Waals surface area (Å²) in [4.78, 5) is 13.8. The van der Waals surface area contributed by atoms with Gasteiger partial charge in [0.2, 0.25) is 0 Å². The molecule has 1 aliphatic heterocycles. The number of hydrogen-bond donors (Lipinski definition) is 0. The zero-order valence-electron chi connectivity index (χ0n) is 9.65. The van der Waals surface area contributed by atoms with Crippen LogP contribution in [0.3, 0.4) is 0 Å². The largest absolute Gasteiger partial charge is 0.374 e. The summed E-state index contributed by atoms with van der Waals surface area (Å²) in [6, 6.07) is 0.541. The topological polar surface area (TPSA) is 29.5 Å². The molecule has 1 heterocycles. The Labute approximate surface area is 96.4 Å². The quantitative estimate of drug-likeness (QED) is 0.677. The van der Waals surface area contributed by atoms with Gasteiger partial charge in [-0.1, -0.05) is 12.8 Å². The van der Waals surface area contributed by atoms with Crippen LogP contribution in [-0.2, 0) is 9.53 Å². The van der Waals surface area contributed by atoms with E-state index in [4.69, 9.17) is 4.74 Å². The maximum Gasteiger partial charge on any atom is 0.157 e. The summed E-state index contributed by atoms with van der Waals surface area (Å²) in [6.07, 6.45) is 8.97. The molecule has 3 aliphatic rings. The number of hydrogen-bond acceptors (Lipinski definition) is 3. The van der Waals surface area contributed by atoms with Gasteiger partial charge in [-0.15, -0.1) is 0 Å². The van der Waals surface area contributed by atoms with E-state index in [9.17, 15) is 4.79 Å². The Morgan fingerprint density at radius 3 is 2.94 bits per heavy atom. The van der Waals surface area contributed by atoms with Gasteiger partial charge in [-0.3, -0.25) is 4.79 Å². The summed E-state index contributed by atoms with van der Waals surface area (Å²) in [5.41, 5.74) is 1.27. The molecule has 1 saturated carbocycles. The summed E-state index contributed by atoms with van der Waals surface area (Å²) in [5.74, 6) is 0.300. The molecule has 2 atom stereocenters. The van der Waals surface area contributed by atoms with Crippen molar-refractivity contribution in [3.8, 4) is 0 Å². The van der Waals surface area contributed by atoms with E-state index in [0.29, 0.717) is 24.3 Å². The van der Waals surface area contributed by atoms with Crippen LogP contribution in [0, 0.1) is 0 Å². The lowest BCUT2D eigenvalue weighted by atomic mass is 9.89. The van der Waals surface area contributed by atoms with Gasteiger partial charge < -0.3 is 9.64 Å². The predicted octanol–water partition coefficient (Wildman–Crippen LogP) is 1.88. The fourth-order valence-corrected chi connectivity index (χ4v) is 3.26. The van der Waals surface area contributed by atoms with Gasteiger partial charge >= 0.3 is 0 Å². The van der Waals surface area contributed by atoms with Gasteiger partial charge in [-0.25, -0.2) is 0 Å². The number of morpholine rings is 1. The van der Waals surface area contributed by atoms with Crippen molar-refractivity contribution in [2.45, 2.75) is 50.7 Å². The number of carbonyl (C=O) groups is 1. The standard InChI is InChI=1S/C13H19NO2/c15-11-6-5-10(9-11)14-7-8-16-13-4-2-1-3-12(13)14/h9,12-13H,1-8H2. The van der Waals surface area contributed by atoms with Crippen molar-refractivity contribution in [1.29, 1.82) is 0 Å². The minimum absolute atomic E-state index is 0.300. The molecule has 2 aliphatic carbocycles. The number of ether oxygens (including phenoxy) is 1. The molecule has 3 heteroatoms. The number of carbonyl (C=O) groups excluding carboxylic acids is 1. The van der Waals surface area contributed by atoms with Gasteiger partial charge in [0.15, 0.2) is 5.78 Å². The number of rotatable bonds is 1. The Morgan fingerprint density at radius 2 is 2.12 bits per heavy atom. The summed E-state index contributed by atoms with van der Waals surface area (Å²) >= 11 is 0. The van der Waals surface area contributed by atoms with Gasteiger partial charge in [-0.05, 0) is 19.3 Å². The molecule has 3 nitrogen and oxygen atoms in total. The number of nitrogens with zero attached hydrogens (tertiary/aromatic N) is 1. The SMILES string of the molecule is O=C1C=C(N2CCOC3CCCCC32)CC1. The molecule has 0 aromatic carbocycles. The molecule has 0 bridgehead atoms. The molecule has 2 fully saturated rings. The van der Waals surface area contributed by atoms with Gasteiger partial charge in [0.1, 0.15) is 0 Å². The van der Waals surface area contributed by atoms with Crippen molar-refractivity contribution >= 4 is 5.78 Å². The molecule has 0 radical (unpaired) electrons. The molecule has 88 valence electrons. The highest BCUT2D eigenvalue weighted by Gasteiger charge is 2.35. The average Bonchev–Trinajstić information content (AvgIpc) is 2.75. The third-order valence-corrected chi connectivity index (χ3v) is 4.06. The Bertz CT molecular complexity index is 322. The minimum Gasteiger partial charge on any atom is -0.374 e. The summed E-state index contributed by atoms with van der Waals surface area (Å²) < 4.78 is 5.84. The molecule has 0 spiro atoms. The van der Waals surface area contributed by atoms with E-state index in [1.54, 1.807) is 0 Å². The molecule has 1 saturated heterocycles. The van der Waals surface area contributed by atoms with Crippen molar-refractivity contribution in [3.63, 3.8) is 0 Å². The van der Waals surface area contributed by atoms with Gasteiger partial charge in [-0.2, -0.15) is 0 Å². The molecular weight excluding hydrogens is 202 g/mol. The van der Waals surface area contributed by atoms with E-state index in [1.165, 1.54) is 31.4 Å². The van der Waals surface area contributed by atoms with E-state index < -0.39 is 0 Å². The molecule has 0 N–H and O–H groups in total. The molecule has 2 unspecified atom stereocenters. The van der Waals surface area contributed by atoms with Crippen molar-refractivity contribution in [2.24, 2.45) is 0 Å². The summed E-state index contributed by atoms with van der Waals surface area (Å²) in [5, 5.41) is 0. The first-order valence-corrected chi connectivity index (χ1v) is 6.46. The third kappa shape index (κ3) is 1.77. The summed E-state index contributed by atoms with van der Waals surface area (Å²) in [7, 11) is 0. The first kappa shape index (κ1) is 10.3. The van der Waals surface area contributed by atoms with E-state index >= 15 is 0 Å². The highest BCUT2D eigenvalue weighted by atomic mass is 16.5. The van der Waals surface area contributed by atoms with E-state index in [0.717, 1.165) is 19.6 Å². The van der Waals surface area contributed by atoms with Crippen LogP contribution in [0.5, 0.6) is 0 Å². The van der Waals surface area contributed by atoms with Crippen LogP contribution in [0.25, 0.3) is 0 Å². The zero-order chi connectivity index (χ0) is 11.0. The molecule has 16 heavy (non-hydrogen) atoms. The maximum absolute atomic E-state index is 11.3. The fourth-order valence-electron chi connectivity index (χ4n) is 3.26. The Kier molecular flexibility index (Phi) is 2.72. The third-order valence-electron chi connectivity index (χ3n) is 4.06. The molecule has 0 aromatic rings. The van der Waals surface area contributed by atoms with E-state index in [2.05, 4.69) is 4.90 Å². The monoisotopic (exact) mass is 221 g/mol. The Hall–Kier alpha value is -0.830. The lowest BCUT2D eigenvalue weighted by Crippen LogP contribution is -2.51. The van der Waals surface area contributed by atoms with Crippen LogP contribution < -0.4 is 0 Å². The van der Waals surface area contributed by atoms with Crippen molar-refractivity contribution in [2.75, 3.05) is 13.2 Å². The Morgan fingerprint density at radius 1 is 1.25 bits per heavy atom. The summed E-state index contributed by atoms with van der Waals surface area (Å²) in [6.45, 7) is 1.80. The first-order valence-electron chi connectivity index (χ1n) is 6.46. The van der Waals surface area contributed by atoms with E-state index in [1.807, 2.05) is 6.08 Å². The van der Waals surface area contributed by atoms with Crippen LogP contribution in [-0.4, -0.2) is 36.0 Å². The zero-order valence-corrected chi connectivity index (χ0v) is 9.65. The molecule has 0 aromatic heterocycles. The molecule has 0 amide bonds. The normalized spacial score (nSPS) is 34.9. The minimum atomic E-state index is 0.300. The van der Waals surface area contributed by atoms with Crippen molar-refractivity contribution < 1.29 is 9.53 Å². The van der Waals surface area contributed by atoms with Crippen molar-refractivity contribution in [1.82, 2.24) is 4.90 Å². The second-order valence-electron chi connectivity index (χ2n) is 5.06. The predicted molar refractivity (Wildman–Crippen MR) is 61.0 cm³/mol. The second kappa shape index (κ2) is 4.21. The van der Waals surface area contributed by atoms with Crippen LogP contribution in [0.4, 0.5) is 0 Å². The van der Waals surface area contributed by atoms with Gasteiger partial charge in [0.05, 0.1) is 18.8 Å². The van der Waals surface area contributed by atoms with Crippen LogP contribution in [0.2, 0.25) is 0 Å². The van der Waals surface area contributed by atoms with Gasteiger partial charge in [0, 0.05) is 24.7 Å². The van der Waals surface area contributed by atoms with E-state index in [-0.39, 0.29) is 0 Å². The van der Waals surface area contributed by atoms with Crippen LogP contribution >= 0.6 is 0 Å². The second-order valence-corrected chi connectivity index (χ2v) is 5.06. The highest BCUT2D eigenvalue weighted by Crippen LogP contribution is 2.33. The molecular formula is C13H19NO2. The maximum atomic E-state index is 11.3. The van der Waals surface area contributed by atoms with Gasteiger partial charge in [0.25, 0.3) is 0 Å². The lowest BCUT2D eigenvalue weighted by Gasteiger charge is -2.45. The smallest absolute Gasteiger partial charge is 0.157 e. The number of fused-ring (bicyclic) bond motifs is 1. The van der Waals surface area contributed by atoms with Crippen molar-refractivity contribution in [3.05, 3.63) is 11.8 Å². The lowest BCUT2D eigenvalue weighted by molar-refractivity contribution is -0.114.